The van der Waals surface area contributed by atoms with Gasteiger partial charge in [-0.3, -0.25) is 4.68 Å². The molecule has 0 aliphatic carbocycles. The molecule has 6 heteroatoms. The zero-order valence-corrected chi connectivity index (χ0v) is 10.1. The van der Waals surface area contributed by atoms with Crippen LogP contribution in [0.1, 0.15) is 12.8 Å². The molecule has 0 spiro atoms. The van der Waals surface area contributed by atoms with Gasteiger partial charge in [-0.05, 0) is 12.8 Å². The van der Waals surface area contributed by atoms with Crippen LogP contribution in [0.3, 0.4) is 0 Å². The van der Waals surface area contributed by atoms with Crippen molar-refractivity contribution in [3.05, 3.63) is 12.4 Å². The summed E-state index contributed by atoms with van der Waals surface area (Å²) in [5, 5.41) is 3.98. The Bertz CT molecular complexity index is 452. The standard InChI is InChI=1S/C10H16N2O3S/c1-12-6-10(5-11-12)15-7-9-3-2-4-16(13,14)8-9/h5-6,9H,2-4,7-8H2,1H3. The van der Waals surface area contributed by atoms with Crippen molar-refractivity contribution in [2.75, 3.05) is 18.1 Å². The van der Waals surface area contributed by atoms with E-state index in [1.165, 1.54) is 0 Å². The van der Waals surface area contributed by atoms with Crippen molar-refractivity contribution in [2.24, 2.45) is 13.0 Å². The third-order valence-corrected chi connectivity index (χ3v) is 4.61. The van der Waals surface area contributed by atoms with Gasteiger partial charge in [-0.25, -0.2) is 8.42 Å². The van der Waals surface area contributed by atoms with E-state index in [9.17, 15) is 8.42 Å². The minimum atomic E-state index is -2.83. The third kappa shape index (κ3) is 2.98. The number of aryl methyl sites for hydroxylation is 1. The zero-order chi connectivity index (χ0) is 11.6. The summed E-state index contributed by atoms with van der Waals surface area (Å²) in [4.78, 5) is 0. The Labute approximate surface area is 95.3 Å². The van der Waals surface area contributed by atoms with Crippen molar-refractivity contribution in [1.82, 2.24) is 9.78 Å². The van der Waals surface area contributed by atoms with Gasteiger partial charge in [0.15, 0.2) is 15.6 Å². The highest BCUT2D eigenvalue weighted by Crippen LogP contribution is 2.19. The molecule has 16 heavy (non-hydrogen) atoms. The first kappa shape index (κ1) is 11.4. The Hall–Kier alpha value is -1.04. The molecule has 2 rings (SSSR count). The summed E-state index contributed by atoms with van der Waals surface area (Å²) in [6, 6.07) is 0. The predicted molar refractivity (Wildman–Crippen MR) is 60.1 cm³/mol. The second-order valence-corrected chi connectivity index (χ2v) is 6.51. The average Bonchev–Trinajstić information content (AvgIpc) is 2.60. The molecule has 90 valence electrons. The van der Waals surface area contributed by atoms with Crippen LogP contribution in [0.25, 0.3) is 0 Å². The molecule has 0 amide bonds. The lowest BCUT2D eigenvalue weighted by atomic mass is 10.1. The molecule has 0 saturated carbocycles. The Morgan fingerprint density at radius 1 is 1.62 bits per heavy atom. The van der Waals surface area contributed by atoms with Crippen molar-refractivity contribution < 1.29 is 13.2 Å². The predicted octanol–water partition coefficient (Wildman–Crippen LogP) is 0.624. The van der Waals surface area contributed by atoms with Gasteiger partial charge in [0.25, 0.3) is 0 Å². The maximum atomic E-state index is 11.4. The Balaban J connectivity index is 1.86. The molecule has 1 saturated heterocycles. The summed E-state index contributed by atoms with van der Waals surface area (Å²) >= 11 is 0. The number of ether oxygens (including phenoxy) is 1. The molecule has 1 aromatic heterocycles. The molecule has 0 bridgehead atoms. The summed E-state index contributed by atoms with van der Waals surface area (Å²) in [6.07, 6.45) is 5.09. The van der Waals surface area contributed by atoms with Gasteiger partial charge in [0.2, 0.25) is 0 Å². The van der Waals surface area contributed by atoms with Crippen LogP contribution in [-0.4, -0.2) is 36.3 Å². The number of rotatable bonds is 3. The molecule has 0 aromatic carbocycles. The lowest BCUT2D eigenvalue weighted by Gasteiger charge is -2.21. The van der Waals surface area contributed by atoms with Crippen LogP contribution in [0, 0.1) is 5.92 Å². The summed E-state index contributed by atoms with van der Waals surface area (Å²) in [5.74, 6) is 1.41. The smallest absolute Gasteiger partial charge is 0.157 e. The minimum Gasteiger partial charge on any atom is -0.490 e. The quantitative estimate of drug-likeness (QED) is 0.782. The SMILES string of the molecule is Cn1cc(OCC2CCCS(=O)(=O)C2)cn1. The van der Waals surface area contributed by atoms with E-state index < -0.39 is 9.84 Å². The van der Waals surface area contributed by atoms with Crippen LogP contribution in [-0.2, 0) is 16.9 Å². The number of hydrogen-bond acceptors (Lipinski definition) is 4. The van der Waals surface area contributed by atoms with Gasteiger partial charge in [0.05, 0.1) is 30.5 Å². The number of aromatic nitrogens is 2. The number of nitrogens with zero attached hydrogens (tertiary/aromatic N) is 2. The zero-order valence-electron chi connectivity index (χ0n) is 9.30. The van der Waals surface area contributed by atoms with Crippen molar-refractivity contribution in [3.8, 4) is 5.75 Å². The monoisotopic (exact) mass is 244 g/mol. The Morgan fingerprint density at radius 3 is 3.06 bits per heavy atom. The van der Waals surface area contributed by atoms with E-state index in [1.807, 2.05) is 7.05 Å². The summed E-state index contributed by atoms with van der Waals surface area (Å²) in [7, 11) is -1.01. The van der Waals surface area contributed by atoms with Crippen LogP contribution in [0.4, 0.5) is 0 Å². The largest absolute Gasteiger partial charge is 0.490 e. The highest BCUT2D eigenvalue weighted by atomic mass is 32.2. The maximum absolute atomic E-state index is 11.4. The molecule has 2 heterocycles. The molecule has 1 atom stereocenters. The summed E-state index contributed by atoms with van der Waals surface area (Å²) < 4.78 is 30.0. The van der Waals surface area contributed by atoms with Gasteiger partial charge >= 0.3 is 0 Å². The van der Waals surface area contributed by atoms with E-state index in [2.05, 4.69) is 5.10 Å². The Morgan fingerprint density at radius 2 is 2.44 bits per heavy atom. The van der Waals surface area contributed by atoms with E-state index >= 15 is 0 Å². The summed E-state index contributed by atoms with van der Waals surface area (Å²) in [6.45, 7) is 0.463. The van der Waals surface area contributed by atoms with Gasteiger partial charge < -0.3 is 4.74 Å². The van der Waals surface area contributed by atoms with Gasteiger partial charge in [-0.1, -0.05) is 0 Å². The fourth-order valence-electron chi connectivity index (χ4n) is 1.94. The molecule has 1 fully saturated rings. The molecule has 5 nitrogen and oxygen atoms in total. The first-order valence-electron chi connectivity index (χ1n) is 5.37. The fraction of sp³-hybridized carbons (Fsp3) is 0.700. The van der Waals surface area contributed by atoms with Crippen molar-refractivity contribution in [3.63, 3.8) is 0 Å². The lowest BCUT2D eigenvalue weighted by molar-refractivity contribution is 0.249. The number of sulfone groups is 1. The highest BCUT2D eigenvalue weighted by molar-refractivity contribution is 7.91. The molecule has 1 aliphatic heterocycles. The molecular weight excluding hydrogens is 228 g/mol. The van der Waals surface area contributed by atoms with Crippen LogP contribution in [0.2, 0.25) is 0 Å². The van der Waals surface area contributed by atoms with E-state index in [1.54, 1.807) is 17.1 Å². The molecule has 0 N–H and O–H groups in total. The van der Waals surface area contributed by atoms with Crippen molar-refractivity contribution >= 4 is 9.84 Å². The van der Waals surface area contributed by atoms with Crippen molar-refractivity contribution in [2.45, 2.75) is 12.8 Å². The molecule has 0 radical (unpaired) electrons. The molecule has 1 aliphatic rings. The number of hydrogen-bond donors (Lipinski definition) is 0. The first-order valence-corrected chi connectivity index (χ1v) is 7.19. The Kier molecular flexibility index (Phi) is 3.18. The maximum Gasteiger partial charge on any atom is 0.157 e. The highest BCUT2D eigenvalue weighted by Gasteiger charge is 2.25. The topological polar surface area (TPSA) is 61.2 Å². The van der Waals surface area contributed by atoms with Gasteiger partial charge in [0.1, 0.15) is 0 Å². The van der Waals surface area contributed by atoms with Gasteiger partial charge in [-0.15, -0.1) is 0 Å². The van der Waals surface area contributed by atoms with E-state index in [-0.39, 0.29) is 11.7 Å². The average molecular weight is 244 g/mol. The van der Waals surface area contributed by atoms with E-state index in [0.717, 1.165) is 12.8 Å². The van der Waals surface area contributed by atoms with Gasteiger partial charge in [-0.2, -0.15) is 5.10 Å². The normalized spacial score (nSPS) is 24.2. The van der Waals surface area contributed by atoms with Crippen molar-refractivity contribution in [1.29, 1.82) is 0 Å². The first-order chi connectivity index (χ1) is 7.55. The second kappa shape index (κ2) is 4.45. The fourth-order valence-corrected chi connectivity index (χ4v) is 3.69. The van der Waals surface area contributed by atoms with E-state index in [4.69, 9.17) is 4.74 Å². The molecule has 1 unspecified atom stereocenters. The summed E-state index contributed by atoms with van der Waals surface area (Å²) in [5.41, 5.74) is 0. The van der Waals surface area contributed by atoms with Crippen LogP contribution >= 0.6 is 0 Å². The van der Waals surface area contributed by atoms with Crippen LogP contribution in [0.15, 0.2) is 12.4 Å². The third-order valence-electron chi connectivity index (χ3n) is 2.72. The van der Waals surface area contributed by atoms with E-state index in [0.29, 0.717) is 18.1 Å². The van der Waals surface area contributed by atoms with Crippen LogP contribution in [0.5, 0.6) is 5.75 Å². The van der Waals surface area contributed by atoms with Gasteiger partial charge in [0, 0.05) is 13.0 Å². The lowest BCUT2D eigenvalue weighted by Crippen LogP contribution is -2.29. The van der Waals surface area contributed by atoms with Crippen LogP contribution < -0.4 is 4.74 Å². The molecule has 1 aromatic rings. The minimum absolute atomic E-state index is 0.124. The second-order valence-electron chi connectivity index (χ2n) is 4.28. The molecular formula is C10H16N2O3S.